The van der Waals surface area contributed by atoms with Gasteiger partial charge in [-0.1, -0.05) is 24.3 Å². The van der Waals surface area contributed by atoms with Crippen LogP contribution in [0.1, 0.15) is 5.56 Å². The van der Waals surface area contributed by atoms with E-state index in [1.54, 1.807) is 25.3 Å². The number of hydrogen-bond donors (Lipinski definition) is 2. The van der Waals surface area contributed by atoms with Crippen molar-refractivity contribution in [1.29, 1.82) is 0 Å². The summed E-state index contributed by atoms with van der Waals surface area (Å²) in [6.45, 7) is -0.0983. The maximum atomic E-state index is 9.45. The number of benzene rings is 2. The van der Waals surface area contributed by atoms with Crippen molar-refractivity contribution in [3.8, 4) is 17.2 Å². The Kier molecular flexibility index (Phi) is 4.85. The van der Waals surface area contributed by atoms with Gasteiger partial charge in [0.1, 0.15) is 11.9 Å². The normalized spacial score (nSPS) is 11.9. The fourth-order valence-electron chi connectivity index (χ4n) is 1.93. The summed E-state index contributed by atoms with van der Waals surface area (Å²) in [6.07, 6.45) is 0.185. The molecule has 2 rings (SSSR count). The van der Waals surface area contributed by atoms with E-state index >= 15 is 0 Å². The summed E-state index contributed by atoms with van der Waals surface area (Å²) in [5.74, 6) is 1.46. The highest BCUT2D eigenvalue weighted by Crippen LogP contribution is 2.27. The molecular formula is C16H18O4. The zero-order chi connectivity index (χ0) is 14.4. The predicted molar refractivity (Wildman–Crippen MR) is 76.3 cm³/mol. The van der Waals surface area contributed by atoms with Crippen LogP contribution < -0.4 is 9.47 Å². The van der Waals surface area contributed by atoms with Crippen LogP contribution in [0, 0.1) is 0 Å². The molecule has 1 unspecified atom stereocenters. The van der Waals surface area contributed by atoms with E-state index in [0.29, 0.717) is 17.9 Å². The van der Waals surface area contributed by atoms with Crippen LogP contribution in [0.3, 0.4) is 0 Å². The monoisotopic (exact) mass is 274 g/mol. The predicted octanol–water partition coefficient (Wildman–Crippen LogP) is 2.38. The van der Waals surface area contributed by atoms with E-state index in [4.69, 9.17) is 9.47 Å². The third-order valence-corrected chi connectivity index (χ3v) is 2.97. The van der Waals surface area contributed by atoms with Gasteiger partial charge in [-0.05, 0) is 29.8 Å². The van der Waals surface area contributed by atoms with Gasteiger partial charge in [0.2, 0.25) is 0 Å². The molecule has 2 aromatic carbocycles. The summed E-state index contributed by atoms with van der Waals surface area (Å²) in [5.41, 5.74) is 0.983. The van der Waals surface area contributed by atoms with Crippen LogP contribution in [-0.2, 0) is 6.42 Å². The second-order valence-electron chi connectivity index (χ2n) is 4.44. The van der Waals surface area contributed by atoms with Crippen LogP contribution in [0.4, 0.5) is 0 Å². The lowest BCUT2D eigenvalue weighted by atomic mass is 10.1. The Hall–Kier alpha value is -2.20. The molecule has 0 aliphatic carbocycles. The largest absolute Gasteiger partial charge is 0.508 e. The molecule has 4 nitrogen and oxygen atoms in total. The first-order valence-electron chi connectivity index (χ1n) is 6.41. The molecule has 0 saturated carbocycles. The number of phenols is 1. The van der Waals surface area contributed by atoms with Gasteiger partial charge in [0.25, 0.3) is 0 Å². The van der Waals surface area contributed by atoms with E-state index in [2.05, 4.69) is 0 Å². The fraction of sp³-hybridized carbons (Fsp3) is 0.250. The van der Waals surface area contributed by atoms with Crippen LogP contribution in [0.15, 0.2) is 48.5 Å². The number of aliphatic hydroxyl groups excluding tert-OH is 1. The summed E-state index contributed by atoms with van der Waals surface area (Å²) in [6, 6.07) is 14.2. The van der Waals surface area contributed by atoms with Crippen molar-refractivity contribution in [2.45, 2.75) is 12.5 Å². The molecule has 106 valence electrons. The molecule has 0 aliphatic heterocycles. The van der Waals surface area contributed by atoms with E-state index in [9.17, 15) is 10.2 Å². The minimum absolute atomic E-state index is 0.0983. The number of aromatic hydroxyl groups is 1. The second-order valence-corrected chi connectivity index (χ2v) is 4.44. The van der Waals surface area contributed by atoms with E-state index < -0.39 is 0 Å². The molecule has 1 atom stereocenters. The summed E-state index contributed by atoms with van der Waals surface area (Å²) in [4.78, 5) is 0. The lowest BCUT2D eigenvalue weighted by molar-refractivity contribution is 0.112. The lowest BCUT2D eigenvalue weighted by Gasteiger charge is -2.18. The first-order valence-corrected chi connectivity index (χ1v) is 6.41. The highest BCUT2D eigenvalue weighted by Gasteiger charge is 2.13. The molecule has 4 heteroatoms. The summed E-state index contributed by atoms with van der Waals surface area (Å²) < 4.78 is 11.0. The van der Waals surface area contributed by atoms with E-state index in [1.807, 2.05) is 30.3 Å². The van der Waals surface area contributed by atoms with Crippen LogP contribution in [-0.4, -0.2) is 30.0 Å². The Balaban J connectivity index is 2.07. The van der Waals surface area contributed by atoms with Crippen LogP contribution in [0.25, 0.3) is 0 Å². The zero-order valence-electron chi connectivity index (χ0n) is 11.3. The number of hydrogen-bond acceptors (Lipinski definition) is 4. The second kappa shape index (κ2) is 6.82. The molecule has 0 heterocycles. The maximum Gasteiger partial charge on any atom is 0.161 e. The van der Waals surface area contributed by atoms with Crippen molar-refractivity contribution in [3.63, 3.8) is 0 Å². The molecule has 2 aromatic rings. The Labute approximate surface area is 118 Å². The van der Waals surface area contributed by atoms with Gasteiger partial charge in [-0.2, -0.15) is 0 Å². The van der Waals surface area contributed by atoms with E-state index in [1.165, 1.54) is 0 Å². The zero-order valence-corrected chi connectivity index (χ0v) is 11.3. The first kappa shape index (κ1) is 14.2. The van der Waals surface area contributed by atoms with Crippen molar-refractivity contribution in [3.05, 3.63) is 54.1 Å². The van der Waals surface area contributed by atoms with Gasteiger partial charge < -0.3 is 19.7 Å². The third-order valence-electron chi connectivity index (χ3n) is 2.97. The molecule has 0 fully saturated rings. The Morgan fingerprint density at radius 2 is 1.65 bits per heavy atom. The maximum absolute atomic E-state index is 9.45. The third kappa shape index (κ3) is 3.65. The van der Waals surface area contributed by atoms with Gasteiger partial charge >= 0.3 is 0 Å². The van der Waals surface area contributed by atoms with Gasteiger partial charge in [-0.25, -0.2) is 0 Å². The van der Waals surface area contributed by atoms with Gasteiger partial charge in [0.15, 0.2) is 11.5 Å². The average Bonchev–Trinajstić information content (AvgIpc) is 2.49. The van der Waals surface area contributed by atoms with Gasteiger partial charge in [0.05, 0.1) is 13.7 Å². The molecule has 0 bridgehead atoms. The van der Waals surface area contributed by atoms with Crippen molar-refractivity contribution >= 4 is 0 Å². The summed E-state index contributed by atoms with van der Waals surface area (Å²) in [5, 5.41) is 18.7. The molecule has 0 amide bonds. The molecule has 0 radical (unpaired) electrons. The average molecular weight is 274 g/mol. The Bertz CT molecular complexity index is 536. The number of methoxy groups -OCH3 is 1. The molecule has 0 saturated heterocycles. The number of phenolic OH excluding ortho intramolecular Hbond substituents is 1. The lowest BCUT2D eigenvalue weighted by Crippen LogP contribution is -2.24. The van der Waals surface area contributed by atoms with E-state index in [-0.39, 0.29) is 18.5 Å². The molecule has 0 aromatic heterocycles. The number of ether oxygens (including phenoxy) is 2. The molecule has 20 heavy (non-hydrogen) atoms. The van der Waals surface area contributed by atoms with Crippen LogP contribution in [0.2, 0.25) is 0 Å². The minimum atomic E-state index is -0.365. The fourth-order valence-corrected chi connectivity index (χ4v) is 1.93. The standard InChI is InChI=1S/C16H18O4/c1-19-15-4-2-3-5-16(15)20-14(11-17)10-12-6-8-13(18)9-7-12/h2-9,14,17-18H,10-11H2,1H3. The quantitative estimate of drug-likeness (QED) is 0.849. The van der Waals surface area contributed by atoms with E-state index in [0.717, 1.165) is 5.56 Å². The van der Waals surface area contributed by atoms with Gasteiger partial charge in [-0.15, -0.1) is 0 Å². The smallest absolute Gasteiger partial charge is 0.161 e. The number of rotatable bonds is 6. The van der Waals surface area contributed by atoms with Crippen molar-refractivity contribution in [2.24, 2.45) is 0 Å². The highest BCUT2D eigenvalue weighted by molar-refractivity contribution is 5.39. The van der Waals surface area contributed by atoms with Crippen molar-refractivity contribution in [1.82, 2.24) is 0 Å². The summed E-state index contributed by atoms with van der Waals surface area (Å²) >= 11 is 0. The molecule has 2 N–H and O–H groups in total. The highest BCUT2D eigenvalue weighted by atomic mass is 16.5. The molecular weight excluding hydrogens is 256 g/mol. The van der Waals surface area contributed by atoms with Crippen molar-refractivity contribution < 1.29 is 19.7 Å². The van der Waals surface area contributed by atoms with Gasteiger partial charge in [0, 0.05) is 6.42 Å². The van der Waals surface area contributed by atoms with Crippen LogP contribution in [0.5, 0.6) is 17.2 Å². The van der Waals surface area contributed by atoms with Crippen molar-refractivity contribution in [2.75, 3.05) is 13.7 Å². The van der Waals surface area contributed by atoms with Crippen LogP contribution >= 0.6 is 0 Å². The number of para-hydroxylation sites is 2. The SMILES string of the molecule is COc1ccccc1OC(CO)Cc1ccc(O)cc1. The topological polar surface area (TPSA) is 58.9 Å². The first-order chi connectivity index (χ1) is 9.72. The molecule has 0 spiro atoms. The number of aliphatic hydroxyl groups is 1. The Morgan fingerprint density at radius 3 is 2.25 bits per heavy atom. The molecule has 0 aliphatic rings. The summed E-state index contributed by atoms with van der Waals surface area (Å²) in [7, 11) is 1.58. The Morgan fingerprint density at radius 1 is 1.00 bits per heavy atom. The minimum Gasteiger partial charge on any atom is -0.508 e. The van der Waals surface area contributed by atoms with Gasteiger partial charge in [-0.3, -0.25) is 0 Å².